The van der Waals surface area contributed by atoms with Crippen molar-refractivity contribution in [3.63, 3.8) is 0 Å². The first kappa shape index (κ1) is 12.9. The van der Waals surface area contributed by atoms with Gasteiger partial charge in [-0.3, -0.25) is 4.79 Å². The van der Waals surface area contributed by atoms with Crippen LogP contribution in [0, 0.1) is 0 Å². The minimum atomic E-state index is -1.04. The summed E-state index contributed by atoms with van der Waals surface area (Å²) in [6.07, 6.45) is -1.04. The van der Waals surface area contributed by atoms with Gasteiger partial charge in [0.1, 0.15) is 11.3 Å². The van der Waals surface area contributed by atoms with Crippen LogP contribution in [-0.4, -0.2) is 23.1 Å². The summed E-state index contributed by atoms with van der Waals surface area (Å²) in [5.74, 6) is -1.72. The van der Waals surface area contributed by atoms with Crippen molar-refractivity contribution in [2.24, 2.45) is 5.73 Å². The molecule has 2 aromatic rings. The SMILES string of the molecule is C[C@@H](OC(=O)c1cc2ccccc2cc1O)C(N)=O. The monoisotopic (exact) mass is 259 g/mol. The predicted octanol–water partition coefficient (Wildman–Crippen LogP) is 1.58. The molecular weight excluding hydrogens is 246 g/mol. The van der Waals surface area contributed by atoms with Crippen molar-refractivity contribution in [2.75, 3.05) is 0 Å². The summed E-state index contributed by atoms with van der Waals surface area (Å²) in [4.78, 5) is 22.7. The molecule has 0 saturated heterocycles. The number of amides is 1. The molecule has 0 saturated carbocycles. The van der Waals surface area contributed by atoms with Crippen LogP contribution in [0.4, 0.5) is 0 Å². The second-order valence-electron chi connectivity index (χ2n) is 4.17. The van der Waals surface area contributed by atoms with Crippen LogP contribution in [0.25, 0.3) is 10.8 Å². The molecule has 5 heteroatoms. The standard InChI is InChI=1S/C14H13NO4/c1-8(13(15)17)19-14(18)11-6-9-4-2-3-5-10(9)7-12(11)16/h2-8,16H,1H3,(H2,15,17)/t8-/m1/s1. The molecular formula is C14H13NO4. The largest absolute Gasteiger partial charge is 0.507 e. The van der Waals surface area contributed by atoms with Gasteiger partial charge in [-0.05, 0) is 29.8 Å². The summed E-state index contributed by atoms with van der Waals surface area (Å²) >= 11 is 0. The molecule has 0 spiro atoms. The van der Waals surface area contributed by atoms with Crippen molar-refractivity contribution in [3.05, 3.63) is 42.0 Å². The van der Waals surface area contributed by atoms with Gasteiger partial charge in [-0.2, -0.15) is 0 Å². The first-order valence-corrected chi connectivity index (χ1v) is 5.71. The molecule has 19 heavy (non-hydrogen) atoms. The van der Waals surface area contributed by atoms with E-state index in [1.807, 2.05) is 24.3 Å². The Kier molecular flexibility index (Phi) is 3.37. The maximum absolute atomic E-state index is 11.8. The number of fused-ring (bicyclic) bond motifs is 1. The second kappa shape index (κ2) is 4.97. The van der Waals surface area contributed by atoms with E-state index >= 15 is 0 Å². The third kappa shape index (κ3) is 2.65. The molecule has 0 radical (unpaired) electrons. The third-order valence-electron chi connectivity index (χ3n) is 2.77. The van der Waals surface area contributed by atoms with Gasteiger partial charge in [0.05, 0.1) is 0 Å². The molecule has 2 aromatic carbocycles. The number of hydrogen-bond acceptors (Lipinski definition) is 4. The molecule has 0 aliphatic rings. The lowest BCUT2D eigenvalue weighted by atomic mass is 10.1. The lowest BCUT2D eigenvalue weighted by molar-refractivity contribution is -0.125. The normalized spacial score (nSPS) is 12.1. The average molecular weight is 259 g/mol. The van der Waals surface area contributed by atoms with Gasteiger partial charge in [-0.25, -0.2) is 4.79 Å². The molecule has 0 aliphatic carbocycles. The first-order valence-electron chi connectivity index (χ1n) is 5.71. The summed E-state index contributed by atoms with van der Waals surface area (Å²) in [7, 11) is 0. The second-order valence-corrected chi connectivity index (χ2v) is 4.17. The number of carbonyl (C=O) groups excluding carboxylic acids is 2. The topological polar surface area (TPSA) is 89.6 Å². The molecule has 0 heterocycles. The highest BCUT2D eigenvalue weighted by molar-refractivity contribution is 5.99. The summed E-state index contributed by atoms with van der Waals surface area (Å²) in [5, 5.41) is 11.4. The third-order valence-corrected chi connectivity index (χ3v) is 2.77. The van der Waals surface area contributed by atoms with Crippen molar-refractivity contribution in [2.45, 2.75) is 13.0 Å². The van der Waals surface area contributed by atoms with E-state index < -0.39 is 18.0 Å². The van der Waals surface area contributed by atoms with Gasteiger partial charge in [-0.15, -0.1) is 0 Å². The van der Waals surface area contributed by atoms with Gasteiger partial charge < -0.3 is 15.6 Å². The van der Waals surface area contributed by atoms with Crippen LogP contribution in [-0.2, 0) is 9.53 Å². The Labute approximate surface area is 109 Å². The van der Waals surface area contributed by atoms with Crippen LogP contribution in [0.5, 0.6) is 5.75 Å². The fourth-order valence-corrected chi connectivity index (χ4v) is 1.67. The molecule has 0 unspecified atom stereocenters. The van der Waals surface area contributed by atoms with Crippen LogP contribution in [0.3, 0.4) is 0 Å². The number of hydrogen-bond donors (Lipinski definition) is 2. The van der Waals surface area contributed by atoms with Gasteiger partial charge in [0.2, 0.25) is 0 Å². The van der Waals surface area contributed by atoms with Gasteiger partial charge in [0, 0.05) is 0 Å². The zero-order chi connectivity index (χ0) is 14.0. The summed E-state index contributed by atoms with van der Waals surface area (Å²) in [5.41, 5.74) is 5.02. The molecule has 0 aliphatic heterocycles. The molecule has 3 N–H and O–H groups in total. The summed E-state index contributed by atoms with van der Waals surface area (Å²) < 4.78 is 4.85. The zero-order valence-electron chi connectivity index (χ0n) is 10.3. The number of phenols is 1. The molecule has 0 bridgehead atoms. The van der Waals surface area contributed by atoms with Crippen LogP contribution < -0.4 is 5.73 Å². The van der Waals surface area contributed by atoms with E-state index in [1.54, 1.807) is 0 Å². The number of carbonyl (C=O) groups is 2. The fourth-order valence-electron chi connectivity index (χ4n) is 1.67. The highest BCUT2D eigenvalue weighted by atomic mass is 16.5. The van der Waals surface area contributed by atoms with Gasteiger partial charge in [0.15, 0.2) is 6.10 Å². The van der Waals surface area contributed by atoms with Crippen LogP contribution in [0.1, 0.15) is 17.3 Å². The van der Waals surface area contributed by atoms with E-state index in [-0.39, 0.29) is 11.3 Å². The first-order chi connectivity index (χ1) is 8.99. The van der Waals surface area contributed by atoms with Crippen LogP contribution in [0.2, 0.25) is 0 Å². The molecule has 0 aromatic heterocycles. The minimum absolute atomic E-state index is 0.00630. The van der Waals surface area contributed by atoms with Crippen molar-refractivity contribution in [1.82, 2.24) is 0 Å². The zero-order valence-corrected chi connectivity index (χ0v) is 10.3. The highest BCUT2D eigenvalue weighted by Gasteiger charge is 2.19. The number of benzene rings is 2. The number of nitrogens with two attached hydrogens (primary N) is 1. The van der Waals surface area contributed by atoms with Gasteiger partial charge in [-0.1, -0.05) is 24.3 Å². The summed E-state index contributed by atoms with van der Waals surface area (Å²) in [6.45, 7) is 1.37. The van der Waals surface area contributed by atoms with Crippen molar-refractivity contribution in [1.29, 1.82) is 0 Å². The quantitative estimate of drug-likeness (QED) is 0.819. The maximum Gasteiger partial charge on any atom is 0.342 e. The Morgan fingerprint density at radius 3 is 2.37 bits per heavy atom. The van der Waals surface area contributed by atoms with Crippen molar-refractivity contribution >= 4 is 22.6 Å². The van der Waals surface area contributed by atoms with Gasteiger partial charge in [0.25, 0.3) is 5.91 Å². The number of rotatable bonds is 3. The Bertz CT molecular complexity index is 651. The Morgan fingerprint density at radius 2 is 1.79 bits per heavy atom. The lowest BCUT2D eigenvalue weighted by Gasteiger charge is -2.11. The Balaban J connectivity index is 2.36. The fraction of sp³-hybridized carbons (Fsp3) is 0.143. The van der Waals surface area contributed by atoms with E-state index in [0.29, 0.717) is 0 Å². The average Bonchev–Trinajstić information content (AvgIpc) is 2.37. The smallest absolute Gasteiger partial charge is 0.342 e. The maximum atomic E-state index is 11.8. The number of esters is 1. The number of aromatic hydroxyl groups is 1. The van der Waals surface area contributed by atoms with E-state index in [0.717, 1.165) is 10.8 Å². The van der Waals surface area contributed by atoms with Crippen LogP contribution in [0.15, 0.2) is 36.4 Å². The summed E-state index contributed by atoms with van der Waals surface area (Å²) in [6, 6.07) is 10.3. The van der Waals surface area contributed by atoms with Crippen LogP contribution >= 0.6 is 0 Å². The highest BCUT2D eigenvalue weighted by Crippen LogP contribution is 2.25. The minimum Gasteiger partial charge on any atom is -0.507 e. The van der Waals surface area contributed by atoms with Gasteiger partial charge >= 0.3 is 5.97 Å². The number of phenolic OH excluding ortho intramolecular Hbond substituents is 1. The molecule has 2 rings (SSSR count). The number of ether oxygens (including phenoxy) is 1. The number of primary amides is 1. The molecule has 1 amide bonds. The molecule has 1 atom stereocenters. The molecule has 98 valence electrons. The van der Waals surface area contributed by atoms with E-state index in [1.165, 1.54) is 19.1 Å². The van der Waals surface area contributed by atoms with E-state index in [9.17, 15) is 14.7 Å². The Hall–Kier alpha value is -2.56. The molecule has 0 fully saturated rings. The predicted molar refractivity (Wildman–Crippen MR) is 69.7 cm³/mol. The van der Waals surface area contributed by atoms with E-state index in [4.69, 9.17) is 10.5 Å². The van der Waals surface area contributed by atoms with Crippen molar-refractivity contribution in [3.8, 4) is 5.75 Å². The lowest BCUT2D eigenvalue weighted by Crippen LogP contribution is -2.30. The van der Waals surface area contributed by atoms with Crippen molar-refractivity contribution < 1.29 is 19.4 Å². The molecule has 5 nitrogen and oxygen atoms in total. The Morgan fingerprint density at radius 1 is 1.21 bits per heavy atom. The van der Waals surface area contributed by atoms with E-state index in [2.05, 4.69) is 0 Å².